The van der Waals surface area contributed by atoms with E-state index in [1.165, 1.54) is 17.5 Å². The topological polar surface area (TPSA) is 67.2 Å². The fourth-order valence-electron chi connectivity index (χ4n) is 2.45. The van der Waals surface area contributed by atoms with E-state index in [1.807, 2.05) is 4.90 Å². The Morgan fingerprint density at radius 3 is 2.55 bits per heavy atom. The average Bonchev–Trinajstić information content (AvgIpc) is 2.70. The first-order valence-corrected chi connectivity index (χ1v) is 7.22. The Morgan fingerprint density at radius 1 is 1.25 bits per heavy atom. The Kier molecular flexibility index (Phi) is 5.15. The van der Waals surface area contributed by atoms with Crippen LogP contribution in [0, 0.1) is 0 Å². The van der Waals surface area contributed by atoms with Gasteiger partial charge in [-0.05, 0) is 18.9 Å². The highest BCUT2D eigenvalue weighted by Gasteiger charge is 2.16. The van der Waals surface area contributed by atoms with Crippen molar-refractivity contribution >= 4 is 11.8 Å². The van der Waals surface area contributed by atoms with Crippen LogP contribution in [0.3, 0.4) is 0 Å². The fraction of sp³-hybridized carbons (Fsp3) is 0.643. The molecule has 20 heavy (non-hydrogen) atoms. The molecule has 1 N–H and O–H groups in total. The normalized spacial score (nSPS) is 15.8. The standard InChI is InChI=1S/C14H22N4O2/c1-17-12(6-9-16-17)14(20)15-8-7-13(19)18-10-4-2-3-5-11-18/h6,9H,2-5,7-8,10-11H2,1H3,(H,15,20). The molecule has 1 aromatic rings. The van der Waals surface area contributed by atoms with Gasteiger partial charge in [0.25, 0.3) is 5.91 Å². The maximum Gasteiger partial charge on any atom is 0.269 e. The summed E-state index contributed by atoms with van der Waals surface area (Å²) in [5, 5.41) is 6.71. The number of carbonyl (C=O) groups is 2. The molecule has 1 aromatic heterocycles. The minimum atomic E-state index is -0.186. The van der Waals surface area contributed by atoms with E-state index in [0.717, 1.165) is 25.9 Å². The molecule has 1 saturated heterocycles. The number of aryl methyl sites for hydroxylation is 1. The van der Waals surface area contributed by atoms with E-state index in [-0.39, 0.29) is 11.8 Å². The van der Waals surface area contributed by atoms with Crippen LogP contribution in [0.2, 0.25) is 0 Å². The second-order valence-electron chi connectivity index (χ2n) is 5.14. The molecule has 6 heteroatoms. The molecule has 110 valence electrons. The van der Waals surface area contributed by atoms with E-state index in [1.54, 1.807) is 19.3 Å². The first-order chi connectivity index (χ1) is 9.68. The van der Waals surface area contributed by atoms with Gasteiger partial charge in [0, 0.05) is 39.3 Å². The van der Waals surface area contributed by atoms with E-state index < -0.39 is 0 Å². The Bertz CT molecular complexity index is 461. The maximum atomic E-state index is 12.0. The zero-order valence-electron chi connectivity index (χ0n) is 12.0. The van der Waals surface area contributed by atoms with Crippen molar-refractivity contribution in [2.24, 2.45) is 7.05 Å². The molecule has 2 amide bonds. The quantitative estimate of drug-likeness (QED) is 0.891. The second-order valence-corrected chi connectivity index (χ2v) is 5.14. The van der Waals surface area contributed by atoms with Gasteiger partial charge in [0.2, 0.25) is 5.91 Å². The van der Waals surface area contributed by atoms with Crippen LogP contribution in [-0.2, 0) is 11.8 Å². The van der Waals surface area contributed by atoms with Crippen molar-refractivity contribution in [2.75, 3.05) is 19.6 Å². The van der Waals surface area contributed by atoms with Gasteiger partial charge in [-0.25, -0.2) is 0 Å². The van der Waals surface area contributed by atoms with Crippen LogP contribution in [0.5, 0.6) is 0 Å². The molecule has 0 aliphatic carbocycles. The number of hydrogen-bond acceptors (Lipinski definition) is 3. The van der Waals surface area contributed by atoms with Crippen LogP contribution in [0.15, 0.2) is 12.3 Å². The van der Waals surface area contributed by atoms with E-state index in [4.69, 9.17) is 0 Å². The maximum absolute atomic E-state index is 12.0. The molecule has 6 nitrogen and oxygen atoms in total. The highest BCUT2D eigenvalue weighted by molar-refractivity contribution is 5.92. The lowest BCUT2D eigenvalue weighted by molar-refractivity contribution is -0.131. The first-order valence-electron chi connectivity index (χ1n) is 7.22. The number of nitrogens with one attached hydrogen (secondary N) is 1. The summed E-state index contributed by atoms with van der Waals surface area (Å²) >= 11 is 0. The summed E-state index contributed by atoms with van der Waals surface area (Å²) in [5.74, 6) is -0.0501. The van der Waals surface area contributed by atoms with Crippen molar-refractivity contribution in [3.05, 3.63) is 18.0 Å². The SMILES string of the molecule is Cn1nccc1C(=O)NCCC(=O)N1CCCCCC1. The monoisotopic (exact) mass is 278 g/mol. The molecule has 0 saturated carbocycles. The summed E-state index contributed by atoms with van der Waals surface area (Å²) in [6, 6.07) is 1.66. The molecular weight excluding hydrogens is 256 g/mol. The summed E-state index contributed by atoms with van der Waals surface area (Å²) in [6.07, 6.45) is 6.54. The zero-order valence-corrected chi connectivity index (χ0v) is 12.0. The van der Waals surface area contributed by atoms with E-state index in [2.05, 4.69) is 10.4 Å². The molecule has 0 radical (unpaired) electrons. The Morgan fingerprint density at radius 2 is 1.95 bits per heavy atom. The van der Waals surface area contributed by atoms with E-state index >= 15 is 0 Å². The summed E-state index contributed by atoms with van der Waals surface area (Å²) in [7, 11) is 1.72. The lowest BCUT2D eigenvalue weighted by Gasteiger charge is -2.20. The van der Waals surface area contributed by atoms with Gasteiger partial charge in [-0.15, -0.1) is 0 Å². The minimum Gasteiger partial charge on any atom is -0.350 e. The molecule has 2 rings (SSSR count). The number of amides is 2. The summed E-state index contributed by atoms with van der Waals surface area (Å²) in [5.41, 5.74) is 0.507. The van der Waals surface area contributed by atoms with Gasteiger partial charge >= 0.3 is 0 Å². The van der Waals surface area contributed by atoms with Crippen LogP contribution >= 0.6 is 0 Å². The number of hydrogen-bond donors (Lipinski definition) is 1. The van der Waals surface area contributed by atoms with Crippen molar-refractivity contribution in [3.63, 3.8) is 0 Å². The molecule has 1 fully saturated rings. The smallest absolute Gasteiger partial charge is 0.269 e. The third kappa shape index (κ3) is 3.82. The van der Waals surface area contributed by atoms with Crippen molar-refractivity contribution in [1.82, 2.24) is 20.0 Å². The number of likely N-dealkylation sites (tertiary alicyclic amines) is 1. The Labute approximate surface area is 119 Å². The summed E-state index contributed by atoms with van der Waals surface area (Å²) in [6.45, 7) is 2.09. The molecule has 0 bridgehead atoms. The highest BCUT2D eigenvalue weighted by Crippen LogP contribution is 2.10. The molecular formula is C14H22N4O2. The third-order valence-corrected chi connectivity index (χ3v) is 3.64. The van der Waals surface area contributed by atoms with E-state index in [9.17, 15) is 9.59 Å². The average molecular weight is 278 g/mol. The van der Waals surface area contributed by atoms with Crippen molar-refractivity contribution in [1.29, 1.82) is 0 Å². The molecule has 0 spiro atoms. The predicted molar refractivity (Wildman–Crippen MR) is 75.2 cm³/mol. The largest absolute Gasteiger partial charge is 0.350 e. The zero-order chi connectivity index (χ0) is 14.4. The van der Waals surface area contributed by atoms with Crippen molar-refractivity contribution in [3.8, 4) is 0 Å². The van der Waals surface area contributed by atoms with Gasteiger partial charge in [0.05, 0.1) is 0 Å². The number of rotatable bonds is 4. The lowest BCUT2D eigenvalue weighted by Crippen LogP contribution is -2.35. The number of carbonyl (C=O) groups excluding carboxylic acids is 2. The molecule has 1 aliphatic rings. The summed E-state index contributed by atoms with van der Waals surface area (Å²) < 4.78 is 1.52. The van der Waals surface area contributed by atoms with Crippen LogP contribution in [0.25, 0.3) is 0 Å². The van der Waals surface area contributed by atoms with Crippen molar-refractivity contribution in [2.45, 2.75) is 32.1 Å². The predicted octanol–water partition coefficient (Wildman–Crippen LogP) is 0.943. The fourth-order valence-corrected chi connectivity index (χ4v) is 2.45. The molecule has 0 aromatic carbocycles. The van der Waals surface area contributed by atoms with E-state index in [0.29, 0.717) is 18.7 Å². The van der Waals surface area contributed by atoms with Gasteiger partial charge < -0.3 is 10.2 Å². The van der Waals surface area contributed by atoms with Crippen LogP contribution in [0.4, 0.5) is 0 Å². The first kappa shape index (κ1) is 14.6. The van der Waals surface area contributed by atoms with Crippen LogP contribution < -0.4 is 5.32 Å². The van der Waals surface area contributed by atoms with Gasteiger partial charge in [-0.2, -0.15) is 5.10 Å². The number of nitrogens with zero attached hydrogens (tertiary/aromatic N) is 3. The molecule has 0 unspecified atom stereocenters. The molecule has 1 aliphatic heterocycles. The third-order valence-electron chi connectivity index (χ3n) is 3.64. The van der Waals surface area contributed by atoms with Gasteiger partial charge in [-0.3, -0.25) is 14.3 Å². The van der Waals surface area contributed by atoms with Gasteiger partial charge in [0.15, 0.2) is 0 Å². The lowest BCUT2D eigenvalue weighted by atomic mass is 10.2. The molecule has 2 heterocycles. The van der Waals surface area contributed by atoms with Crippen LogP contribution in [-0.4, -0.2) is 46.1 Å². The van der Waals surface area contributed by atoms with Gasteiger partial charge in [0.1, 0.15) is 5.69 Å². The second kappa shape index (κ2) is 7.07. The van der Waals surface area contributed by atoms with Crippen LogP contribution in [0.1, 0.15) is 42.6 Å². The van der Waals surface area contributed by atoms with Crippen molar-refractivity contribution < 1.29 is 9.59 Å². The Balaban J connectivity index is 1.73. The minimum absolute atomic E-state index is 0.136. The molecule has 0 atom stereocenters. The summed E-state index contributed by atoms with van der Waals surface area (Å²) in [4.78, 5) is 25.8. The Hall–Kier alpha value is -1.85. The van der Waals surface area contributed by atoms with Gasteiger partial charge in [-0.1, -0.05) is 12.8 Å². The number of aromatic nitrogens is 2. The highest BCUT2D eigenvalue weighted by atomic mass is 16.2.